The van der Waals surface area contributed by atoms with Gasteiger partial charge in [0.2, 0.25) is 5.91 Å². The van der Waals surface area contributed by atoms with Crippen molar-refractivity contribution in [1.29, 1.82) is 0 Å². The van der Waals surface area contributed by atoms with Gasteiger partial charge in [-0.25, -0.2) is 4.79 Å². The molecule has 0 saturated carbocycles. The van der Waals surface area contributed by atoms with Crippen molar-refractivity contribution in [2.45, 2.75) is 19.3 Å². The van der Waals surface area contributed by atoms with E-state index in [9.17, 15) is 14.4 Å². The number of nitrogens with two attached hydrogens (primary N) is 1. The monoisotopic (exact) mass is 269 g/mol. The Hall–Kier alpha value is -1.79. The highest BCUT2D eigenvalue weighted by molar-refractivity contribution is 5.81. The fraction of sp³-hybridized carbons (Fsp3) is 0.750. The minimum Gasteiger partial charge on any atom is -0.481 e. The van der Waals surface area contributed by atoms with Gasteiger partial charge in [-0.1, -0.05) is 0 Å². The molecule has 3 N–H and O–H groups in total. The van der Waals surface area contributed by atoms with Crippen LogP contribution in [0, 0.1) is 11.8 Å². The van der Waals surface area contributed by atoms with E-state index in [0.29, 0.717) is 26.2 Å². The van der Waals surface area contributed by atoms with Crippen LogP contribution in [0.5, 0.6) is 0 Å². The van der Waals surface area contributed by atoms with E-state index in [4.69, 9.17) is 10.8 Å². The van der Waals surface area contributed by atoms with E-state index in [1.54, 1.807) is 4.90 Å². The highest BCUT2D eigenvalue weighted by Crippen LogP contribution is 2.25. The fourth-order valence-corrected chi connectivity index (χ4v) is 2.76. The SMILES string of the molecule is NC(=O)N1CCCC(C(=O)N2CC(CC(=O)O)C2)C1. The molecule has 7 nitrogen and oxygen atoms in total. The fourth-order valence-electron chi connectivity index (χ4n) is 2.76. The predicted octanol–water partition coefficient (Wildman–Crippen LogP) is -0.290. The number of carboxylic acids is 1. The second-order valence-electron chi connectivity index (χ2n) is 5.33. The van der Waals surface area contributed by atoms with Gasteiger partial charge in [0.15, 0.2) is 0 Å². The Kier molecular flexibility index (Phi) is 3.92. The summed E-state index contributed by atoms with van der Waals surface area (Å²) in [5.41, 5.74) is 5.23. The Morgan fingerprint density at radius 2 is 1.84 bits per heavy atom. The third-order valence-electron chi connectivity index (χ3n) is 3.81. The van der Waals surface area contributed by atoms with E-state index >= 15 is 0 Å². The first-order chi connectivity index (χ1) is 8.97. The zero-order chi connectivity index (χ0) is 14.0. The Bertz CT molecular complexity index is 392. The molecule has 0 radical (unpaired) electrons. The molecule has 7 heteroatoms. The van der Waals surface area contributed by atoms with Crippen molar-refractivity contribution in [1.82, 2.24) is 9.80 Å². The van der Waals surface area contributed by atoms with Crippen LogP contribution in [0.2, 0.25) is 0 Å². The number of amides is 3. The standard InChI is InChI=1S/C12H19N3O4/c13-12(19)14-3-1-2-9(7-14)11(18)15-5-8(6-15)4-10(16)17/h8-9H,1-7H2,(H2,13,19)(H,16,17). The van der Waals surface area contributed by atoms with Gasteiger partial charge >= 0.3 is 12.0 Å². The van der Waals surface area contributed by atoms with Crippen LogP contribution in [-0.2, 0) is 9.59 Å². The third-order valence-corrected chi connectivity index (χ3v) is 3.81. The zero-order valence-corrected chi connectivity index (χ0v) is 10.7. The van der Waals surface area contributed by atoms with Crippen molar-refractivity contribution in [3.63, 3.8) is 0 Å². The molecule has 2 rings (SSSR count). The number of rotatable bonds is 3. The van der Waals surface area contributed by atoms with E-state index in [1.807, 2.05) is 0 Å². The highest BCUT2D eigenvalue weighted by Gasteiger charge is 2.37. The number of hydrogen-bond acceptors (Lipinski definition) is 3. The predicted molar refractivity (Wildman–Crippen MR) is 66.2 cm³/mol. The maximum absolute atomic E-state index is 12.2. The van der Waals surface area contributed by atoms with E-state index in [-0.39, 0.29) is 24.2 Å². The first-order valence-electron chi connectivity index (χ1n) is 6.52. The molecular formula is C12H19N3O4. The molecule has 3 amide bonds. The van der Waals surface area contributed by atoms with Gasteiger partial charge in [-0.05, 0) is 12.8 Å². The number of carbonyl (C=O) groups is 3. The molecule has 106 valence electrons. The Morgan fingerprint density at radius 1 is 1.16 bits per heavy atom. The van der Waals surface area contributed by atoms with Gasteiger partial charge < -0.3 is 20.6 Å². The van der Waals surface area contributed by atoms with Crippen molar-refractivity contribution < 1.29 is 19.5 Å². The summed E-state index contributed by atoms with van der Waals surface area (Å²) in [6.45, 7) is 2.02. The van der Waals surface area contributed by atoms with Gasteiger partial charge in [-0.3, -0.25) is 9.59 Å². The number of nitrogens with zero attached hydrogens (tertiary/aromatic N) is 2. The van der Waals surface area contributed by atoms with Crippen LogP contribution in [0.25, 0.3) is 0 Å². The Balaban J connectivity index is 1.81. The summed E-state index contributed by atoms with van der Waals surface area (Å²) in [5.74, 6) is -0.924. The lowest BCUT2D eigenvalue weighted by Crippen LogP contribution is -2.55. The third kappa shape index (κ3) is 3.15. The van der Waals surface area contributed by atoms with Crippen LogP contribution in [0.3, 0.4) is 0 Å². The molecule has 2 aliphatic rings. The van der Waals surface area contributed by atoms with Gasteiger partial charge in [-0.2, -0.15) is 0 Å². The maximum atomic E-state index is 12.2. The Labute approximate surface area is 111 Å². The summed E-state index contributed by atoms with van der Waals surface area (Å²) in [7, 11) is 0. The number of urea groups is 1. The van der Waals surface area contributed by atoms with Crippen molar-refractivity contribution in [2.75, 3.05) is 26.2 Å². The average Bonchev–Trinajstić information content (AvgIpc) is 2.32. The molecule has 2 saturated heterocycles. The largest absolute Gasteiger partial charge is 0.481 e. The van der Waals surface area contributed by atoms with Crippen molar-refractivity contribution in [3.8, 4) is 0 Å². The second kappa shape index (κ2) is 5.46. The molecule has 1 unspecified atom stereocenters. The van der Waals surface area contributed by atoms with Gasteiger partial charge in [0, 0.05) is 32.1 Å². The van der Waals surface area contributed by atoms with Gasteiger partial charge in [0.25, 0.3) is 0 Å². The lowest BCUT2D eigenvalue weighted by Gasteiger charge is -2.42. The van der Waals surface area contributed by atoms with Crippen molar-refractivity contribution in [2.24, 2.45) is 17.6 Å². The van der Waals surface area contributed by atoms with Crippen LogP contribution in [-0.4, -0.2) is 59.0 Å². The van der Waals surface area contributed by atoms with Gasteiger partial charge in [0.1, 0.15) is 0 Å². The van der Waals surface area contributed by atoms with Gasteiger partial charge in [-0.15, -0.1) is 0 Å². The summed E-state index contributed by atoms with van der Waals surface area (Å²) >= 11 is 0. The minimum absolute atomic E-state index is 0.0209. The second-order valence-corrected chi connectivity index (χ2v) is 5.33. The molecule has 0 aromatic heterocycles. The molecule has 2 aliphatic heterocycles. The lowest BCUT2D eigenvalue weighted by molar-refractivity contribution is -0.148. The highest BCUT2D eigenvalue weighted by atomic mass is 16.4. The summed E-state index contributed by atoms with van der Waals surface area (Å²) in [4.78, 5) is 37.0. The van der Waals surface area contributed by atoms with Crippen LogP contribution >= 0.6 is 0 Å². The molecule has 1 atom stereocenters. The maximum Gasteiger partial charge on any atom is 0.314 e. The van der Waals surface area contributed by atoms with Crippen LogP contribution in [0.4, 0.5) is 4.79 Å². The summed E-state index contributed by atoms with van der Waals surface area (Å²) in [6, 6.07) is -0.482. The number of aliphatic carboxylic acids is 1. The number of hydrogen-bond donors (Lipinski definition) is 2. The molecular weight excluding hydrogens is 250 g/mol. The summed E-state index contributed by atoms with van der Waals surface area (Å²) < 4.78 is 0. The van der Waals surface area contributed by atoms with Gasteiger partial charge in [0.05, 0.1) is 12.3 Å². The normalized spacial score (nSPS) is 23.9. The first kappa shape index (κ1) is 13.6. The molecule has 0 spiro atoms. The number of carboxylic acid groups (broad SMARTS) is 1. The number of likely N-dealkylation sites (tertiary alicyclic amines) is 2. The molecule has 2 heterocycles. The van der Waals surface area contributed by atoms with Crippen molar-refractivity contribution >= 4 is 17.9 Å². The zero-order valence-electron chi connectivity index (χ0n) is 10.7. The van der Waals surface area contributed by atoms with E-state index in [0.717, 1.165) is 12.8 Å². The van der Waals surface area contributed by atoms with Crippen LogP contribution in [0.15, 0.2) is 0 Å². The smallest absolute Gasteiger partial charge is 0.314 e. The average molecular weight is 269 g/mol. The molecule has 0 aromatic carbocycles. The summed E-state index contributed by atoms with van der Waals surface area (Å²) in [5, 5.41) is 8.66. The molecule has 0 bridgehead atoms. The number of primary amides is 1. The lowest BCUT2D eigenvalue weighted by atomic mass is 9.91. The van der Waals surface area contributed by atoms with Crippen molar-refractivity contribution in [3.05, 3.63) is 0 Å². The van der Waals surface area contributed by atoms with E-state index in [2.05, 4.69) is 0 Å². The number of piperidine rings is 1. The van der Waals surface area contributed by atoms with E-state index in [1.165, 1.54) is 4.90 Å². The summed E-state index contributed by atoms with van der Waals surface area (Å²) in [6.07, 6.45) is 1.66. The quantitative estimate of drug-likeness (QED) is 0.734. The Morgan fingerprint density at radius 3 is 2.42 bits per heavy atom. The molecule has 19 heavy (non-hydrogen) atoms. The first-order valence-corrected chi connectivity index (χ1v) is 6.52. The van der Waals surface area contributed by atoms with Crippen LogP contribution < -0.4 is 5.73 Å². The van der Waals surface area contributed by atoms with Crippen LogP contribution in [0.1, 0.15) is 19.3 Å². The molecule has 0 aromatic rings. The van der Waals surface area contributed by atoms with E-state index < -0.39 is 12.0 Å². The molecule has 2 fully saturated rings. The minimum atomic E-state index is -0.824. The number of carbonyl (C=O) groups excluding carboxylic acids is 2. The molecule has 0 aliphatic carbocycles. The topological polar surface area (TPSA) is 104 Å².